The van der Waals surface area contributed by atoms with Crippen molar-refractivity contribution < 1.29 is 19.2 Å². The Balaban J connectivity index is 1.85. The van der Waals surface area contributed by atoms with E-state index in [4.69, 9.17) is 0 Å². The molecule has 0 radical (unpaired) electrons. The molecule has 2 aromatic rings. The highest BCUT2D eigenvalue weighted by molar-refractivity contribution is 5.96. The van der Waals surface area contributed by atoms with E-state index in [9.17, 15) is 19.2 Å². The van der Waals surface area contributed by atoms with Gasteiger partial charge in [-0.2, -0.15) is 0 Å². The van der Waals surface area contributed by atoms with Crippen molar-refractivity contribution in [3.05, 3.63) is 70.8 Å². The maximum Gasteiger partial charge on any atom is 0.252 e. The third-order valence-electron chi connectivity index (χ3n) is 3.12. The van der Waals surface area contributed by atoms with Crippen LogP contribution in [0.1, 0.15) is 41.4 Å². The van der Waals surface area contributed by atoms with Gasteiger partial charge in [0.25, 0.3) is 11.8 Å². The number of carbonyl (C=O) groups is 4. The van der Waals surface area contributed by atoms with E-state index >= 15 is 0 Å². The summed E-state index contributed by atoms with van der Waals surface area (Å²) in [7, 11) is 0. The van der Waals surface area contributed by atoms with Gasteiger partial charge in [0.15, 0.2) is 0 Å². The molecule has 0 saturated heterocycles. The van der Waals surface area contributed by atoms with E-state index in [1.54, 1.807) is 0 Å². The van der Waals surface area contributed by atoms with Crippen molar-refractivity contribution in [2.45, 2.75) is 0 Å². The molecule has 2 N–H and O–H groups in total. The van der Waals surface area contributed by atoms with Gasteiger partial charge in [-0.1, -0.05) is 24.3 Å². The molecule has 0 fully saturated rings. The van der Waals surface area contributed by atoms with Crippen LogP contribution in [0.3, 0.4) is 0 Å². The van der Waals surface area contributed by atoms with Crippen LogP contribution in [0, 0.1) is 0 Å². The molecule has 2 aromatic carbocycles. The first-order valence-corrected chi connectivity index (χ1v) is 6.81. The second-order valence-electron chi connectivity index (χ2n) is 4.67. The Hall–Kier alpha value is -3.28. The number of nitrogens with one attached hydrogen (secondary N) is 2. The van der Waals surface area contributed by atoms with E-state index < -0.39 is 0 Å². The van der Waals surface area contributed by atoms with Gasteiger partial charge in [0.1, 0.15) is 12.6 Å². The van der Waals surface area contributed by atoms with Gasteiger partial charge in [0, 0.05) is 22.3 Å². The molecule has 0 aliphatic carbocycles. The lowest BCUT2D eigenvalue weighted by atomic mass is 10.1. The molecular weight excluding hydrogens is 296 g/mol. The monoisotopic (exact) mass is 310 g/mol. The standard InChI is InChI=1S/C17H14N2O4/c20-9-12-1-5-14(6-2-12)16(22)18-11-19-17(23)15-7-3-13(10-21)4-8-15/h1-10H,11H2,(H,18,22)(H,19,23). The Morgan fingerprint density at radius 1 is 0.696 bits per heavy atom. The van der Waals surface area contributed by atoms with E-state index in [0.717, 1.165) is 0 Å². The summed E-state index contributed by atoms with van der Waals surface area (Å²) >= 11 is 0. The lowest BCUT2D eigenvalue weighted by Crippen LogP contribution is -2.37. The summed E-state index contributed by atoms with van der Waals surface area (Å²) in [5.74, 6) is -0.724. The topological polar surface area (TPSA) is 92.3 Å². The van der Waals surface area contributed by atoms with Crippen molar-refractivity contribution in [1.29, 1.82) is 0 Å². The lowest BCUT2D eigenvalue weighted by Gasteiger charge is -2.08. The predicted octanol–water partition coefficient (Wildman–Crippen LogP) is 1.43. The zero-order valence-corrected chi connectivity index (χ0v) is 12.1. The molecule has 0 heterocycles. The van der Waals surface area contributed by atoms with Crippen molar-refractivity contribution in [3.63, 3.8) is 0 Å². The quantitative estimate of drug-likeness (QED) is 0.623. The minimum Gasteiger partial charge on any atom is -0.335 e. The Morgan fingerprint density at radius 3 is 1.35 bits per heavy atom. The van der Waals surface area contributed by atoms with Gasteiger partial charge in [-0.25, -0.2) is 0 Å². The fraction of sp³-hybridized carbons (Fsp3) is 0.0588. The van der Waals surface area contributed by atoms with E-state index in [2.05, 4.69) is 10.6 Å². The Bertz CT molecular complexity index is 658. The summed E-state index contributed by atoms with van der Waals surface area (Å²) in [5, 5.41) is 5.09. The van der Waals surface area contributed by atoms with Crippen molar-refractivity contribution in [3.8, 4) is 0 Å². The van der Waals surface area contributed by atoms with Gasteiger partial charge in [0.2, 0.25) is 0 Å². The molecule has 0 bridgehead atoms. The average Bonchev–Trinajstić information content (AvgIpc) is 2.61. The molecule has 2 amide bonds. The molecule has 0 atom stereocenters. The van der Waals surface area contributed by atoms with Crippen LogP contribution >= 0.6 is 0 Å². The van der Waals surface area contributed by atoms with E-state index in [1.807, 2.05) is 0 Å². The zero-order valence-electron chi connectivity index (χ0n) is 12.1. The minimum absolute atomic E-state index is 0.0392. The summed E-state index contributed by atoms with van der Waals surface area (Å²) < 4.78 is 0. The van der Waals surface area contributed by atoms with Gasteiger partial charge in [-0.15, -0.1) is 0 Å². The molecule has 2 rings (SSSR count). The van der Waals surface area contributed by atoms with Gasteiger partial charge >= 0.3 is 0 Å². The molecule has 23 heavy (non-hydrogen) atoms. The predicted molar refractivity (Wildman–Crippen MR) is 83.5 cm³/mol. The van der Waals surface area contributed by atoms with Crippen LogP contribution < -0.4 is 10.6 Å². The second kappa shape index (κ2) is 7.65. The van der Waals surface area contributed by atoms with Crippen molar-refractivity contribution in [1.82, 2.24) is 10.6 Å². The van der Waals surface area contributed by atoms with Crippen LogP contribution in [0.25, 0.3) is 0 Å². The molecule has 0 unspecified atom stereocenters. The second-order valence-corrected chi connectivity index (χ2v) is 4.67. The Morgan fingerprint density at radius 2 is 1.04 bits per heavy atom. The number of hydrogen-bond donors (Lipinski definition) is 2. The molecule has 0 aliphatic heterocycles. The van der Waals surface area contributed by atoms with Gasteiger partial charge in [0.05, 0.1) is 6.67 Å². The fourth-order valence-electron chi connectivity index (χ4n) is 1.83. The first kappa shape index (κ1) is 16.1. The fourth-order valence-corrected chi connectivity index (χ4v) is 1.83. The summed E-state index contributed by atoms with van der Waals surface area (Å²) in [4.78, 5) is 44.8. The summed E-state index contributed by atoms with van der Waals surface area (Å²) in [6, 6.07) is 12.3. The normalized spacial score (nSPS) is 9.74. The largest absolute Gasteiger partial charge is 0.335 e. The number of benzene rings is 2. The number of amides is 2. The molecule has 6 heteroatoms. The first-order chi connectivity index (χ1) is 11.1. The number of aldehydes is 2. The van der Waals surface area contributed by atoms with Gasteiger partial charge in [-0.3, -0.25) is 19.2 Å². The molecular formula is C17H14N2O4. The molecule has 6 nitrogen and oxygen atoms in total. The van der Waals surface area contributed by atoms with E-state index in [-0.39, 0.29) is 18.5 Å². The lowest BCUT2D eigenvalue weighted by molar-refractivity contribution is 0.0918. The zero-order chi connectivity index (χ0) is 16.7. The van der Waals surface area contributed by atoms with Crippen LogP contribution in [-0.4, -0.2) is 31.1 Å². The van der Waals surface area contributed by atoms with Crippen LogP contribution in [0.4, 0.5) is 0 Å². The SMILES string of the molecule is O=Cc1ccc(C(=O)NCNC(=O)c2ccc(C=O)cc2)cc1. The Kier molecular flexibility index (Phi) is 5.35. The molecule has 0 aromatic heterocycles. The number of rotatable bonds is 6. The maximum absolute atomic E-state index is 11.9. The van der Waals surface area contributed by atoms with Crippen LogP contribution in [0.5, 0.6) is 0 Å². The first-order valence-electron chi connectivity index (χ1n) is 6.81. The third kappa shape index (κ3) is 4.34. The maximum atomic E-state index is 11.9. The van der Waals surface area contributed by atoms with Gasteiger partial charge < -0.3 is 10.6 Å². The van der Waals surface area contributed by atoms with Crippen LogP contribution in [-0.2, 0) is 0 Å². The molecule has 0 aliphatic rings. The molecule has 0 saturated carbocycles. The van der Waals surface area contributed by atoms with Crippen LogP contribution in [0.15, 0.2) is 48.5 Å². The smallest absolute Gasteiger partial charge is 0.252 e. The van der Waals surface area contributed by atoms with Gasteiger partial charge in [-0.05, 0) is 24.3 Å². The van der Waals surface area contributed by atoms with E-state index in [0.29, 0.717) is 34.8 Å². The van der Waals surface area contributed by atoms with Crippen LogP contribution in [0.2, 0.25) is 0 Å². The summed E-state index contributed by atoms with van der Waals surface area (Å²) in [6.07, 6.45) is 1.38. The number of carbonyl (C=O) groups excluding carboxylic acids is 4. The van der Waals surface area contributed by atoms with Crippen molar-refractivity contribution >= 4 is 24.4 Å². The summed E-state index contributed by atoms with van der Waals surface area (Å²) in [5.41, 5.74) is 1.74. The van der Waals surface area contributed by atoms with E-state index in [1.165, 1.54) is 48.5 Å². The Labute approximate surface area is 132 Å². The highest BCUT2D eigenvalue weighted by Gasteiger charge is 2.07. The van der Waals surface area contributed by atoms with Crippen molar-refractivity contribution in [2.24, 2.45) is 0 Å². The molecule has 0 spiro atoms. The summed E-state index contributed by atoms with van der Waals surface area (Å²) in [6.45, 7) is -0.0392. The van der Waals surface area contributed by atoms with Crippen molar-refractivity contribution in [2.75, 3.05) is 6.67 Å². The highest BCUT2D eigenvalue weighted by Crippen LogP contribution is 2.03. The molecule has 116 valence electrons. The average molecular weight is 310 g/mol. The highest BCUT2D eigenvalue weighted by atomic mass is 16.2. The third-order valence-corrected chi connectivity index (χ3v) is 3.12. The number of hydrogen-bond acceptors (Lipinski definition) is 4. The minimum atomic E-state index is -0.362.